The minimum atomic E-state index is -0.314. The Labute approximate surface area is 135 Å². The van der Waals surface area contributed by atoms with Gasteiger partial charge in [-0.2, -0.15) is 5.10 Å². The van der Waals surface area contributed by atoms with Crippen LogP contribution in [-0.2, 0) is 7.05 Å². The predicted octanol–water partition coefficient (Wildman–Crippen LogP) is 3.33. The number of nitro groups is 1. The van der Waals surface area contributed by atoms with Gasteiger partial charge in [0.15, 0.2) is 0 Å². The van der Waals surface area contributed by atoms with Crippen molar-refractivity contribution in [3.05, 3.63) is 51.2 Å². The van der Waals surface area contributed by atoms with Crippen LogP contribution in [-0.4, -0.2) is 27.8 Å². The van der Waals surface area contributed by atoms with E-state index in [-0.39, 0.29) is 10.6 Å². The van der Waals surface area contributed by atoms with Crippen molar-refractivity contribution >= 4 is 11.5 Å². The molecule has 2 aromatic rings. The van der Waals surface area contributed by atoms with E-state index in [0.717, 1.165) is 25.9 Å². The maximum Gasteiger partial charge on any atom is 0.333 e. The van der Waals surface area contributed by atoms with Crippen LogP contribution in [0.4, 0.5) is 11.5 Å². The molecular formula is C17H22N4O2. The van der Waals surface area contributed by atoms with E-state index in [1.54, 1.807) is 18.7 Å². The fourth-order valence-corrected chi connectivity index (χ4v) is 3.65. The van der Waals surface area contributed by atoms with Gasteiger partial charge in [-0.25, -0.2) is 4.68 Å². The van der Waals surface area contributed by atoms with E-state index in [4.69, 9.17) is 0 Å². The van der Waals surface area contributed by atoms with Gasteiger partial charge in [0.1, 0.15) is 5.69 Å². The molecule has 6 nitrogen and oxygen atoms in total. The number of nitrogens with zero attached hydrogens (tertiary/aromatic N) is 4. The van der Waals surface area contributed by atoms with Crippen molar-refractivity contribution in [3.8, 4) is 0 Å². The van der Waals surface area contributed by atoms with E-state index in [0.29, 0.717) is 17.4 Å². The standard InChI is InChI=1S/C17H22N4O2/c1-12-6-4-5-7-15(12)14-8-10-20(11-9-14)17-16(21(22)23)13(2)18-19(17)3/h4-7,14H,8-11H2,1-3H3. The number of rotatable bonds is 3. The van der Waals surface area contributed by atoms with Crippen LogP contribution < -0.4 is 4.90 Å². The van der Waals surface area contributed by atoms with E-state index in [2.05, 4.69) is 41.2 Å². The Morgan fingerprint density at radius 2 is 1.87 bits per heavy atom. The molecule has 3 rings (SSSR count). The normalized spacial score (nSPS) is 15.9. The molecule has 0 amide bonds. The van der Waals surface area contributed by atoms with E-state index in [9.17, 15) is 10.1 Å². The second-order valence-corrected chi connectivity index (χ2v) is 6.26. The summed E-state index contributed by atoms with van der Waals surface area (Å²) in [6.45, 7) is 5.48. The van der Waals surface area contributed by atoms with Crippen LogP contribution >= 0.6 is 0 Å². The topological polar surface area (TPSA) is 64.2 Å². The van der Waals surface area contributed by atoms with Crippen LogP contribution in [0, 0.1) is 24.0 Å². The third-order valence-corrected chi connectivity index (χ3v) is 4.77. The van der Waals surface area contributed by atoms with Gasteiger partial charge >= 0.3 is 5.69 Å². The van der Waals surface area contributed by atoms with Crippen LogP contribution in [0.5, 0.6) is 0 Å². The smallest absolute Gasteiger partial charge is 0.333 e. The highest BCUT2D eigenvalue weighted by Crippen LogP contribution is 2.36. The Kier molecular flexibility index (Phi) is 4.07. The zero-order valence-electron chi connectivity index (χ0n) is 13.8. The van der Waals surface area contributed by atoms with Crippen LogP contribution in [0.3, 0.4) is 0 Å². The first-order valence-corrected chi connectivity index (χ1v) is 7.97. The van der Waals surface area contributed by atoms with Crippen LogP contribution in [0.2, 0.25) is 0 Å². The Morgan fingerprint density at radius 1 is 1.22 bits per heavy atom. The lowest BCUT2D eigenvalue weighted by molar-refractivity contribution is -0.384. The monoisotopic (exact) mass is 314 g/mol. The lowest BCUT2D eigenvalue weighted by Gasteiger charge is -2.33. The molecule has 1 aliphatic heterocycles. The molecule has 0 unspecified atom stereocenters. The maximum atomic E-state index is 11.4. The molecule has 1 fully saturated rings. The molecule has 23 heavy (non-hydrogen) atoms. The first-order valence-electron chi connectivity index (χ1n) is 7.97. The first kappa shape index (κ1) is 15.5. The van der Waals surface area contributed by atoms with Crippen molar-refractivity contribution in [3.63, 3.8) is 0 Å². The SMILES string of the molecule is Cc1ccccc1C1CCN(c2c([N+](=O)[O-])c(C)nn2C)CC1. The lowest BCUT2D eigenvalue weighted by Crippen LogP contribution is -2.34. The molecule has 1 aromatic carbocycles. The quantitative estimate of drug-likeness (QED) is 0.644. The second-order valence-electron chi connectivity index (χ2n) is 6.26. The highest BCUT2D eigenvalue weighted by atomic mass is 16.6. The summed E-state index contributed by atoms with van der Waals surface area (Å²) in [6, 6.07) is 8.50. The molecule has 0 bridgehead atoms. The van der Waals surface area contributed by atoms with Gasteiger partial charge in [-0.3, -0.25) is 10.1 Å². The van der Waals surface area contributed by atoms with Gasteiger partial charge in [0.25, 0.3) is 0 Å². The molecule has 2 heterocycles. The van der Waals surface area contributed by atoms with E-state index in [1.807, 2.05) is 0 Å². The fourth-order valence-electron chi connectivity index (χ4n) is 3.65. The Morgan fingerprint density at radius 3 is 2.48 bits per heavy atom. The lowest BCUT2D eigenvalue weighted by atomic mass is 9.87. The summed E-state index contributed by atoms with van der Waals surface area (Å²) in [5.41, 5.74) is 3.35. The Bertz CT molecular complexity index is 730. The number of aromatic nitrogens is 2. The summed E-state index contributed by atoms with van der Waals surface area (Å²) in [5, 5.41) is 15.6. The highest BCUT2D eigenvalue weighted by Gasteiger charge is 2.31. The predicted molar refractivity (Wildman–Crippen MR) is 90.0 cm³/mol. The van der Waals surface area contributed by atoms with E-state index in [1.165, 1.54) is 11.1 Å². The van der Waals surface area contributed by atoms with Gasteiger partial charge in [-0.1, -0.05) is 24.3 Å². The highest BCUT2D eigenvalue weighted by molar-refractivity contribution is 5.61. The molecular weight excluding hydrogens is 292 g/mol. The van der Waals surface area contributed by atoms with Crippen molar-refractivity contribution in [2.45, 2.75) is 32.6 Å². The number of hydrogen-bond donors (Lipinski definition) is 0. The van der Waals surface area contributed by atoms with Crippen molar-refractivity contribution in [2.75, 3.05) is 18.0 Å². The Hall–Kier alpha value is -2.37. The number of aryl methyl sites for hydroxylation is 3. The average Bonchev–Trinajstić information content (AvgIpc) is 2.82. The molecule has 0 atom stereocenters. The second kappa shape index (κ2) is 6.02. The van der Waals surface area contributed by atoms with Gasteiger partial charge in [-0.05, 0) is 43.7 Å². The van der Waals surface area contributed by atoms with Crippen molar-refractivity contribution < 1.29 is 4.92 Å². The fraction of sp³-hybridized carbons (Fsp3) is 0.471. The van der Waals surface area contributed by atoms with Crippen molar-refractivity contribution in [1.29, 1.82) is 0 Å². The molecule has 6 heteroatoms. The largest absolute Gasteiger partial charge is 0.351 e. The summed E-state index contributed by atoms with van der Waals surface area (Å²) >= 11 is 0. The van der Waals surface area contributed by atoms with Gasteiger partial charge < -0.3 is 4.90 Å². The minimum Gasteiger partial charge on any atom is -0.351 e. The van der Waals surface area contributed by atoms with E-state index >= 15 is 0 Å². The average molecular weight is 314 g/mol. The minimum absolute atomic E-state index is 0.141. The molecule has 1 saturated heterocycles. The van der Waals surface area contributed by atoms with E-state index < -0.39 is 0 Å². The first-order chi connectivity index (χ1) is 11.0. The maximum absolute atomic E-state index is 11.4. The van der Waals surface area contributed by atoms with Gasteiger partial charge in [0.2, 0.25) is 5.82 Å². The summed E-state index contributed by atoms with van der Waals surface area (Å²) < 4.78 is 1.64. The molecule has 0 radical (unpaired) electrons. The van der Waals surface area contributed by atoms with Crippen LogP contribution in [0.25, 0.3) is 0 Å². The van der Waals surface area contributed by atoms with Gasteiger partial charge in [0, 0.05) is 20.1 Å². The molecule has 0 spiro atoms. The molecule has 1 aromatic heterocycles. The summed E-state index contributed by atoms with van der Waals surface area (Å²) in [4.78, 5) is 13.1. The van der Waals surface area contributed by atoms with Crippen LogP contribution in [0.1, 0.15) is 35.6 Å². The Balaban J connectivity index is 1.80. The molecule has 1 aliphatic rings. The zero-order valence-corrected chi connectivity index (χ0v) is 13.8. The van der Waals surface area contributed by atoms with Crippen molar-refractivity contribution in [1.82, 2.24) is 9.78 Å². The number of hydrogen-bond acceptors (Lipinski definition) is 4. The van der Waals surface area contributed by atoms with Gasteiger partial charge in [-0.15, -0.1) is 0 Å². The van der Waals surface area contributed by atoms with Crippen LogP contribution in [0.15, 0.2) is 24.3 Å². The zero-order chi connectivity index (χ0) is 16.6. The number of piperidine rings is 1. The molecule has 0 saturated carbocycles. The summed E-state index contributed by atoms with van der Waals surface area (Å²) in [7, 11) is 1.78. The molecule has 0 aliphatic carbocycles. The third-order valence-electron chi connectivity index (χ3n) is 4.77. The number of benzene rings is 1. The molecule has 122 valence electrons. The number of anilines is 1. The van der Waals surface area contributed by atoms with Crippen molar-refractivity contribution in [2.24, 2.45) is 7.05 Å². The van der Waals surface area contributed by atoms with Gasteiger partial charge in [0.05, 0.1) is 4.92 Å². The molecule has 0 N–H and O–H groups in total. The summed E-state index contributed by atoms with van der Waals surface area (Å²) in [5.74, 6) is 1.16. The summed E-state index contributed by atoms with van der Waals surface area (Å²) in [6.07, 6.45) is 2.01. The third kappa shape index (κ3) is 2.81.